The molecule has 0 radical (unpaired) electrons. The van der Waals surface area contributed by atoms with Gasteiger partial charge in [0.05, 0.1) is 4.90 Å². The molecule has 0 bridgehead atoms. The molecule has 0 spiro atoms. The van der Waals surface area contributed by atoms with Crippen LogP contribution in [0.1, 0.15) is 18.4 Å². The summed E-state index contributed by atoms with van der Waals surface area (Å²) in [6.45, 7) is 2.78. The summed E-state index contributed by atoms with van der Waals surface area (Å²) in [6, 6.07) is 4.44. The normalized spacial score (nSPS) is 17.1. The molecule has 98 valence electrons. The van der Waals surface area contributed by atoms with Crippen LogP contribution in [0.3, 0.4) is 0 Å². The number of aryl methyl sites for hydroxylation is 1. The average molecular weight is 269 g/mol. The van der Waals surface area contributed by atoms with Crippen molar-refractivity contribution < 1.29 is 18.5 Å². The van der Waals surface area contributed by atoms with E-state index in [0.717, 1.165) is 12.8 Å². The van der Waals surface area contributed by atoms with Gasteiger partial charge in [-0.3, -0.25) is 0 Å². The van der Waals surface area contributed by atoms with Gasteiger partial charge in [-0.05, 0) is 37.4 Å². The van der Waals surface area contributed by atoms with Crippen LogP contribution in [0.5, 0.6) is 0 Å². The first-order chi connectivity index (χ1) is 8.43. The fraction of sp³-hybridized carbons (Fsp3) is 0.455. The lowest BCUT2D eigenvalue weighted by Gasteiger charge is -2.16. The highest BCUT2D eigenvalue weighted by Crippen LogP contribution is 2.20. The van der Waals surface area contributed by atoms with E-state index in [-0.39, 0.29) is 10.4 Å². The quantitative estimate of drug-likeness (QED) is 0.722. The molecule has 1 aliphatic heterocycles. The molecule has 0 saturated carbocycles. The Bertz CT molecular complexity index is 538. The van der Waals surface area contributed by atoms with Crippen LogP contribution >= 0.6 is 0 Å². The molecule has 7 heteroatoms. The summed E-state index contributed by atoms with van der Waals surface area (Å²) < 4.78 is 26.0. The van der Waals surface area contributed by atoms with E-state index >= 15 is 0 Å². The third-order valence-corrected chi connectivity index (χ3v) is 5.13. The van der Waals surface area contributed by atoms with Gasteiger partial charge in [0.15, 0.2) is 0 Å². The molecule has 0 aliphatic carbocycles. The zero-order chi connectivity index (χ0) is 13.3. The van der Waals surface area contributed by atoms with Gasteiger partial charge in [0.25, 0.3) is 0 Å². The second-order valence-electron chi connectivity index (χ2n) is 4.50. The maximum atomic E-state index is 12.3. The summed E-state index contributed by atoms with van der Waals surface area (Å²) in [5.74, 6) is 0. The fourth-order valence-electron chi connectivity index (χ4n) is 2.13. The Labute approximate surface area is 107 Å². The predicted octanol–water partition coefficient (Wildman–Crippen LogP) is -0.541. The van der Waals surface area contributed by atoms with Crippen LogP contribution in [-0.2, 0) is 10.0 Å². The van der Waals surface area contributed by atoms with Crippen LogP contribution in [0.15, 0.2) is 23.1 Å². The van der Waals surface area contributed by atoms with E-state index in [4.69, 9.17) is 0 Å². The number of hydrogen-bond donors (Lipinski definition) is 2. The Kier molecular flexibility index (Phi) is 3.77. The minimum absolute atomic E-state index is 0.123. The van der Waals surface area contributed by atoms with Gasteiger partial charge in [0, 0.05) is 13.1 Å². The Morgan fingerprint density at radius 2 is 1.83 bits per heavy atom. The summed E-state index contributed by atoms with van der Waals surface area (Å²) in [4.78, 5) is 0.123. The van der Waals surface area contributed by atoms with Gasteiger partial charge in [-0.25, -0.2) is 8.42 Å². The highest BCUT2D eigenvalue weighted by atomic mass is 32.2. The lowest BCUT2D eigenvalue weighted by Crippen LogP contribution is -2.34. The van der Waals surface area contributed by atoms with Crippen molar-refractivity contribution in [2.45, 2.75) is 24.7 Å². The highest BCUT2D eigenvalue weighted by molar-refractivity contribution is 7.89. The standard InChI is InChI=1S/C11H16BNO4S/c1-9-4-5-10(8-11(9)12(14)15)18(16,17)13-6-2-3-7-13/h4-5,8,14-15H,2-3,6-7H2,1H3. The molecule has 0 atom stereocenters. The lowest BCUT2D eigenvalue weighted by atomic mass is 9.77. The van der Waals surface area contributed by atoms with Crippen molar-refractivity contribution in [3.05, 3.63) is 23.8 Å². The number of benzene rings is 1. The van der Waals surface area contributed by atoms with Crippen molar-refractivity contribution >= 4 is 22.6 Å². The molecule has 2 rings (SSSR count). The fourth-order valence-corrected chi connectivity index (χ4v) is 3.69. The average Bonchev–Trinajstić information content (AvgIpc) is 2.82. The van der Waals surface area contributed by atoms with Crippen LogP contribution in [0, 0.1) is 6.92 Å². The summed E-state index contributed by atoms with van der Waals surface area (Å²) in [5, 5.41) is 18.4. The van der Waals surface area contributed by atoms with E-state index in [9.17, 15) is 18.5 Å². The second-order valence-corrected chi connectivity index (χ2v) is 6.44. The molecule has 1 aromatic rings. The van der Waals surface area contributed by atoms with Crippen LogP contribution in [0.2, 0.25) is 0 Å². The Morgan fingerprint density at radius 3 is 2.39 bits per heavy atom. The van der Waals surface area contributed by atoms with Crippen LogP contribution in [0.4, 0.5) is 0 Å². The number of nitrogens with zero attached hydrogens (tertiary/aromatic N) is 1. The van der Waals surface area contributed by atoms with E-state index in [1.165, 1.54) is 16.4 Å². The zero-order valence-electron chi connectivity index (χ0n) is 10.2. The molecule has 1 saturated heterocycles. The summed E-state index contributed by atoms with van der Waals surface area (Å²) >= 11 is 0. The van der Waals surface area contributed by atoms with Crippen LogP contribution in [0.25, 0.3) is 0 Å². The van der Waals surface area contributed by atoms with E-state index in [1.54, 1.807) is 13.0 Å². The molecule has 0 amide bonds. The number of rotatable bonds is 3. The smallest absolute Gasteiger partial charge is 0.423 e. The maximum Gasteiger partial charge on any atom is 0.488 e. The first-order valence-corrected chi connectivity index (χ1v) is 7.34. The van der Waals surface area contributed by atoms with Crippen molar-refractivity contribution in [1.82, 2.24) is 4.31 Å². The Hall–Kier alpha value is -0.885. The van der Waals surface area contributed by atoms with Crippen molar-refractivity contribution in [3.63, 3.8) is 0 Å². The first kappa shape index (κ1) is 13.5. The van der Waals surface area contributed by atoms with Gasteiger partial charge < -0.3 is 10.0 Å². The third kappa shape index (κ3) is 2.44. The summed E-state index contributed by atoms with van der Waals surface area (Å²) in [5.41, 5.74) is 0.889. The predicted molar refractivity (Wildman–Crippen MR) is 69.0 cm³/mol. The van der Waals surface area contributed by atoms with E-state index < -0.39 is 17.1 Å². The Balaban J connectivity index is 2.42. The van der Waals surface area contributed by atoms with Gasteiger partial charge in [-0.15, -0.1) is 0 Å². The van der Waals surface area contributed by atoms with Crippen molar-refractivity contribution in [2.75, 3.05) is 13.1 Å². The lowest BCUT2D eigenvalue weighted by molar-refractivity contribution is 0.425. The van der Waals surface area contributed by atoms with Crippen LogP contribution < -0.4 is 5.46 Å². The minimum atomic E-state index is -3.50. The molecule has 1 heterocycles. The molecular formula is C11H16BNO4S. The van der Waals surface area contributed by atoms with Crippen molar-refractivity contribution in [2.24, 2.45) is 0 Å². The summed E-state index contributed by atoms with van der Waals surface area (Å²) in [6.07, 6.45) is 1.75. The van der Waals surface area contributed by atoms with Gasteiger partial charge in [-0.1, -0.05) is 11.6 Å². The van der Waals surface area contributed by atoms with Crippen molar-refractivity contribution in [3.8, 4) is 0 Å². The van der Waals surface area contributed by atoms with Crippen LogP contribution in [-0.4, -0.2) is 43.0 Å². The first-order valence-electron chi connectivity index (χ1n) is 5.90. The van der Waals surface area contributed by atoms with Gasteiger partial charge in [-0.2, -0.15) is 4.31 Å². The number of hydrogen-bond acceptors (Lipinski definition) is 4. The van der Waals surface area contributed by atoms with Gasteiger partial charge in [0.2, 0.25) is 10.0 Å². The molecular weight excluding hydrogens is 253 g/mol. The molecule has 5 nitrogen and oxygen atoms in total. The molecule has 1 aromatic carbocycles. The van der Waals surface area contributed by atoms with E-state index in [2.05, 4.69) is 0 Å². The van der Waals surface area contributed by atoms with Gasteiger partial charge in [0.1, 0.15) is 0 Å². The van der Waals surface area contributed by atoms with E-state index in [1.807, 2.05) is 0 Å². The summed E-state index contributed by atoms with van der Waals surface area (Å²) in [7, 11) is -5.15. The minimum Gasteiger partial charge on any atom is -0.423 e. The molecule has 1 aliphatic rings. The molecule has 0 aromatic heterocycles. The van der Waals surface area contributed by atoms with Gasteiger partial charge >= 0.3 is 7.12 Å². The topological polar surface area (TPSA) is 77.8 Å². The number of sulfonamides is 1. The molecule has 18 heavy (non-hydrogen) atoms. The maximum absolute atomic E-state index is 12.3. The SMILES string of the molecule is Cc1ccc(S(=O)(=O)N2CCCC2)cc1B(O)O. The highest BCUT2D eigenvalue weighted by Gasteiger charge is 2.28. The molecule has 0 unspecified atom stereocenters. The Morgan fingerprint density at radius 1 is 1.22 bits per heavy atom. The molecule has 2 N–H and O–H groups in total. The largest absolute Gasteiger partial charge is 0.488 e. The monoisotopic (exact) mass is 269 g/mol. The van der Waals surface area contributed by atoms with E-state index in [0.29, 0.717) is 18.7 Å². The van der Waals surface area contributed by atoms with Crippen molar-refractivity contribution in [1.29, 1.82) is 0 Å². The zero-order valence-corrected chi connectivity index (χ0v) is 11.0. The third-order valence-electron chi connectivity index (χ3n) is 3.23. The molecule has 1 fully saturated rings. The second kappa shape index (κ2) is 5.01.